The zero-order valence-electron chi connectivity index (χ0n) is 12.2. The van der Waals surface area contributed by atoms with Gasteiger partial charge in [0, 0.05) is 12.1 Å². The summed E-state index contributed by atoms with van der Waals surface area (Å²) in [6, 6.07) is 8.87. The summed E-state index contributed by atoms with van der Waals surface area (Å²) in [6.07, 6.45) is -0.0643. The quantitative estimate of drug-likeness (QED) is 0.824. The van der Waals surface area contributed by atoms with Gasteiger partial charge in [0.05, 0.1) is 9.54 Å². The minimum absolute atomic E-state index is 0.0643. The molecule has 4 nitrogen and oxygen atoms in total. The molecule has 2 aromatic rings. The largest absolute Gasteiger partial charge is 0.326 e. The summed E-state index contributed by atoms with van der Waals surface area (Å²) in [5.41, 5.74) is 2.79. The standard InChI is InChI=1S/C15H16BrNO3S2/c1-10-4-3-5-12(11(10)2)17-14(18)8-9-22(19,20)15-7-6-13(16)21-15/h3-7H,8-9H2,1-2H3,(H,17,18). The molecule has 0 aliphatic rings. The van der Waals surface area contributed by atoms with Gasteiger partial charge in [0.1, 0.15) is 4.21 Å². The number of rotatable bonds is 5. The summed E-state index contributed by atoms with van der Waals surface area (Å²) in [4.78, 5) is 12.0. The number of carbonyl (C=O) groups is 1. The Hall–Kier alpha value is -1.18. The van der Waals surface area contributed by atoms with Gasteiger partial charge < -0.3 is 5.32 Å². The van der Waals surface area contributed by atoms with Crippen LogP contribution in [0.1, 0.15) is 17.5 Å². The first-order valence-corrected chi connectivity index (χ1v) is 9.90. The highest BCUT2D eigenvalue weighted by molar-refractivity contribution is 9.11. The lowest BCUT2D eigenvalue weighted by molar-refractivity contribution is -0.115. The minimum atomic E-state index is -3.42. The number of anilines is 1. The Morgan fingerprint density at radius 1 is 1.23 bits per heavy atom. The molecule has 0 saturated carbocycles. The van der Waals surface area contributed by atoms with Crippen molar-refractivity contribution in [3.8, 4) is 0 Å². The van der Waals surface area contributed by atoms with Crippen molar-refractivity contribution in [3.63, 3.8) is 0 Å². The van der Waals surface area contributed by atoms with Gasteiger partial charge in [-0.05, 0) is 59.1 Å². The summed E-state index contributed by atoms with van der Waals surface area (Å²) in [5.74, 6) is -0.496. The van der Waals surface area contributed by atoms with Gasteiger partial charge >= 0.3 is 0 Å². The fourth-order valence-corrected chi connectivity index (χ4v) is 5.29. The Kier molecular flexibility index (Phi) is 5.41. The van der Waals surface area contributed by atoms with Crippen molar-refractivity contribution in [1.29, 1.82) is 0 Å². The fourth-order valence-electron chi connectivity index (χ4n) is 1.89. The van der Waals surface area contributed by atoms with Crippen molar-refractivity contribution < 1.29 is 13.2 Å². The second kappa shape index (κ2) is 6.93. The molecule has 7 heteroatoms. The predicted octanol–water partition coefficient (Wildman–Crippen LogP) is 3.93. The first kappa shape index (κ1) is 17.2. The molecule has 1 N–H and O–H groups in total. The normalized spacial score (nSPS) is 11.4. The zero-order valence-corrected chi connectivity index (χ0v) is 15.4. The lowest BCUT2D eigenvalue weighted by Crippen LogP contribution is -2.17. The number of aryl methyl sites for hydroxylation is 1. The van der Waals surface area contributed by atoms with E-state index in [9.17, 15) is 13.2 Å². The molecule has 1 amide bonds. The summed E-state index contributed by atoms with van der Waals surface area (Å²) in [7, 11) is -3.42. The van der Waals surface area contributed by atoms with Gasteiger partial charge in [-0.25, -0.2) is 8.42 Å². The minimum Gasteiger partial charge on any atom is -0.326 e. The highest BCUT2D eigenvalue weighted by Crippen LogP contribution is 2.27. The van der Waals surface area contributed by atoms with E-state index in [2.05, 4.69) is 21.2 Å². The fraction of sp³-hybridized carbons (Fsp3) is 0.267. The first-order valence-electron chi connectivity index (χ1n) is 6.64. The molecule has 0 aliphatic carbocycles. The van der Waals surface area contributed by atoms with E-state index in [1.165, 1.54) is 0 Å². The van der Waals surface area contributed by atoms with Crippen LogP contribution in [0.3, 0.4) is 0 Å². The second-order valence-electron chi connectivity index (χ2n) is 4.92. The molecule has 1 aromatic carbocycles. The van der Waals surface area contributed by atoms with Gasteiger partial charge in [0.2, 0.25) is 5.91 Å². The van der Waals surface area contributed by atoms with Crippen molar-refractivity contribution in [2.75, 3.05) is 11.1 Å². The maximum absolute atomic E-state index is 12.1. The SMILES string of the molecule is Cc1cccc(NC(=O)CCS(=O)(=O)c2ccc(Br)s2)c1C. The number of carbonyl (C=O) groups excluding carboxylic acids is 1. The van der Waals surface area contributed by atoms with E-state index in [1.807, 2.05) is 32.0 Å². The Labute approximate surface area is 142 Å². The molecule has 0 bridgehead atoms. The van der Waals surface area contributed by atoms with Crippen LogP contribution in [0.15, 0.2) is 38.3 Å². The van der Waals surface area contributed by atoms with Crippen LogP contribution < -0.4 is 5.32 Å². The predicted molar refractivity (Wildman–Crippen MR) is 93.2 cm³/mol. The Morgan fingerprint density at radius 3 is 2.59 bits per heavy atom. The number of benzene rings is 1. The molecule has 0 spiro atoms. The molecular weight excluding hydrogens is 386 g/mol. The van der Waals surface area contributed by atoms with Crippen LogP contribution in [-0.2, 0) is 14.6 Å². The molecule has 0 fully saturated rings. The molecule has 0 radical (unpaired) electrons. The molecule has 2 rings (SSSR count). The van der Waals surface area contributed by atoms with Gasteiger partial charge in [-0.3, -0.25) is 4.79 Å². The summed E-state index contributed by atoms with van der Waals surface area (Å²) < 4.78 is 25.3. The lowest BCUT2D eigenvalue weighted by Gasteiger charge is -2.10. The lowest BCUT2D eigenvalue weighted by atomic mass is 10.1. The number of hydrogen-bond donors (Lipinski definition) is 1. The molecule has 1 heterocycles. The van der Waals surface area contributed by atoms with E-state index in [-0.39, 0.29) is 22.3 Å². The third kappa shape index (κ3) is 4.18. The molecule has 1 aromatic heterocycles. The van der Waals surface area contributed by atoms with E-state index < -0.39 is 9.84 Å². The maximum Gasteiger partial charge on any atom is 0.225 e. The van der Waals surface area contributed by atoms with Crippen molar-refractivity contribution in [2.45, 2.75) is 24.5 Å². The molecular formula is C15H16BrNO3S2. The number of nitrogens with one attached hydrogen (secondary N) is 1. The van der Waals surface area contributed by atoms with E-state index in [4.69, 9.17) is 0 Å². The molecule has 0 unspecified atom stereocenters. The van der Waals surface area contributed by atoms with Crippen molar-refractivity contribution in [1.82, 2.24) is 0 Å². The maximum atomic E-state index is 12.1. The zero-order chi connectivity index (χ0) is 16.3. The van der Waals surface area contributed by atoms with Crippen LogP contribution in [0.25, 0.3) is 0 Å². The van der Waals surface area contributed by atoms with Crippen LogP contribution in [0, 0.1) is 13.8 Å². The number of sulfone groups is 1. The van der Waals surface area contributed by atoms with Gasteiger partial charge in [-0.2, -0.15) is 0 Å². The number of hydrogen-bond acceptors (Lipinski definition) is 4. The first-order chi connectivity index (χ1) is 10.3. The van der Waals surface area contributed by atoms with Crippen molar-refractivity contribution >= 4 is 48.7 Å². The third-order valence-corrected chi connectivity index (χ3v) is 7.25. The highest BCUT2D eigenvalue weighted by atomic mass is 79.9. The van der Waals surface area contributed by atoms with E-state index in [0.29, 0.717) is 0 Å². The molecule has 0 atom stereocenters. The molecule has 22 heavy (non-hydrogen) atoms. The molecule has 0 saturated heterocycles. The highest BCUT2D eigenvalue weighted by Gasteiger charge is 2.18. The smallest absolute Gasteiger partial charge is 0.225 e. The van der Waals surface area contributed by atoms with Gasteiger partial charge in [-0.1, -0.05) is 12.1 Å². The van der Waals surface area contributed by atoms with E-state index in [0.717, 1.165) is 31.9 Å². The van der Waals surface area contributed by atoms with Crippen LogP contribution >= 0.6 is 27.3 Å². The van der Waals surface area contributed by atoms with E-state index >= 15 is 0 Å². The van der Waals surface area contributed by atoms with Crippen molar-refractivity contribution in [3.05, 3.63) is 45.2 Å². The van der Waals surface area contributed by atoms with Gasteiger partial charge in [0.25, 0.3) is 0 Å². The Bertz CT molecular complexity index is 797. The summed E-state index contributed by atoms with van der Waals surface area (Å²) in [6.45, 7) is 3.88. The number of halogens is 1. The summed E-state index contributed by atoms with van der Waals surface area (Å²) in [5, 5.41) is 2.77. The third-order valence-electron chi connectivity index (χ3n) is 3.33. The Balaban J connectivity index is 2.00. The number of amides is 1. The van der Waals surface area contributed by atoms with Crippen LogP contribution in [0.2, 0.25) is 0 Å². The summed E-state index contributed by atoms with van der Waals surface area (Å²) >= 11 is 4.39. The van der Waals surface area contributed by atoms with Crippen molar-refractivity contribution in [2.24, 2.45) is 0 Å². The van der Waals surface area contributed by atoms with Gasteiger partial charge in [-0.15, -0.1) is 11.3 Å². The van der Waals surface area contributed by atoms with Crippen LogP contribution in [0.5, 0.6) is 0 Å². The topological polar surface area (TPSA) is 63.2 Å². The van der Waals surface area contributed by atoms with Crippen LogP contribution in [0.4, 0.5) is 5.69 Å². The van der Waals surface area contributed by atoms with Gasteiger partial charge in [0.15, 0.2) is 9.84 Å². The second-order valence-corrected chi connectivity index (χ2v) is 9.72. The average molecular weight is 402 g/mol. The number of thiophene rings is 1. The average Bonchev–Trinajstić information content (AvgIpc) is 2.89. The Morgan fingerprint density at radius 2 is 1.95 bits per heavy atom. The molecule has 118 valence electrons. The molecule has 0 aliphatic heterocycles. The van der Waals surface area contributed by atoms with Crippen LogP contribution in [-0.4, -0.2) is 20.1 Å². The monoisotopic (exact) mass is 401 g/mol. The van der Waals surface area contributed by atoms with E-state index in [1.54, 1.807) is 12.1 Å².